The van der Waals surface area contributed by atoms with Gasteiger partial charge >= 0.3 is 0 Å². The minimum absolute atomic E-state index is 0.00849. The number of carbonyl (C=O) groups is 1. The molecule has 1 aliphatic heterocycles. The summed E-state index contributed by atoms with van der Waals surface area (Å²) in [7, 11) is 0. The van der Waals surface area contributed by atoms with Gasteiger partial charge in [0.15, 0.2) is 0 Å². The van der Waals surface area contributed by atoms with Gasteiger partial charge in [-0.05, 0) is 12.7 Å². The minimum atomic E-state index is -0.00849. The van der Waals surface area contributed by atoms with E-state index in [1.54, 1.807) is 0 Å². The lowest BCUT2D eigenvalue weighted by Gasteiger charge is -2.22. The molecule has 1 atom stereocenters. The van der Waals surface area contributed by atoms with Gasteiger partial charge in [-0.25, -0.2) is 4.98 Å². The average molecular weight is 295 g/mol. The van der Waals surface area contributed by atoms with Crippen LogP contribution in [0.4, 0.5) is 5.13 Å². The maximum absolute atomic E-state index is 12.2. The number of aryl methyl sites for hydroxylation is 1. The van der Waals surface area contributed by atoms with Gasteiger partial charge in [0.25, 0.3) is 0 Å². The average Bonchev–Trinajstić information content (AvgIpc) is 3.05. The number of hydrogen-bond donors (Lipinski definition) is 1. The molecule has 3 rings (SSSR count). The zero-order valence-electron chi connectivity index (χ0n) is 10.4. The molecule has 0 radical (unpaired) electrons. The zero-order chi connectivity index (χ0) is 13.2. The number of imidazole rings is 1. The Balaban J connectivity index is 1.65. The summed E-state index contributed by atoms with van der Waals surface area (Å²) in [6.07, 6.45) is 7.13. The Morgan fingerprint density at radius 1 is 1.63 bits per heavy atom. The lowest BCUT2D eigenvalue weighted by molar-refractivity contribution is -0.120. The third kappa shape index (κ3) is 2.64. The number of nitrogens with one attached hydrogen (secondary N) is 1. The van der Waals surface area contributed by atoms with Crippen molar-refractivity contribution in [2.75, 3.05) is 11.6 Å². The second-order valence-electron chi connectivity index (χ2n) is 4.34. The number of anilines is 1. The molecule has 0 bridgehead atoms. The number of fused-ring (bicyclic) bond motifs is 1. The predicted octanol–water partition coefficient (Wildman–Crippen LogP) is 1.66. The molecular weight excluding hydrogens is 282 g/mol. The highest BCUT2D eigenvalue weighted by Gasteiger charge is 2.25. The largest absolute Gasteiger partial charge is 0.335 e. The van der Waals surface area contributed by atoms with Crippen molar-refractivity contribution in [3.8, 4) is 0 Å². The normalized spacial score (nSPS) is 18.1. The number of amides is 1. The van der Waals surface area contributed by atoms with Gasteiger partial charge in [-0.1, -0.05) is 11.8 Å². The van der Waals surface area contributed by atoms with Crippen LogP contribution in [0.2, 0.25) is 0 Å². The van der Waals surface area contributed by atoms with E-state index in [2.05, 4.69) is 24.2 Å². The summed E-state index contributed by atoms with van der Waals surface area (Å²) in [4.78, 5) is 20.5. The molecule has 6 nitrogen and oxygen atoms in total. The van der Waals surface area contributed by atoms with Crippen molar-refractivity contribution >= 4 is 34.3 Å². The molecule has 100 valence electrons. The van der Waals surface area contributed by atoms with Crippen molar-refractivity contribution < 1.29 is 4.79 Å². The van der Waals surface area contributed by atoms with Crippen molar-refractivity contribution in [2.24, 2.45) is 5.92 Å². The van der Waals surface area contributed by atoms with Gasteiger partial charge in [0.2, 0.25) is 16.2 Å². The third-order valence-electron chi connectivity index (χ3n) is 3.16. The van der Waals surface area contributed by atoms with E-state index in [1.807, 2.05) is 18.8 Å². The van der Waals surface area contributed by atoms with Crippen LogP contribution in [0.5, 0.6) is 0 Å². The van der Waals surface area contributed by atoms with Crippen molar-refractivity contribution in [3.63, 3.8) is 0 Å². The Labute approximate surface area is 118 Å². The van der Waals surface area contributed by atoms with E-state index >= 15 is 0 Å². The molecule has 0 saturated carbocycles. The molecule has 1 aliphatic rings. The van der Waals surface area contributed by atoms with Crippen molar-refractivity contribution in [1.29, 1.82) is 0 Å². The number of aromatic nitrogens is 4. The number of thioether (sulfide) groups is 1. The molecule has 3 heterocycles. The smallest absolute Gasteiger partial charge is 0.229 e. The maximum atomic E-state index is 12.2. The molecule has 0 saturated heterocycles. The molecule has 0 spiro atoms. The van der Waals surface area contributed by atoms with Gasteiger partial charge in [0, 0.05) is 42.3 Å². The first-order valence-corrected chi connectivity index (χ1v) is 7.93. The SMILES string of the molecule is CSc1nsc(NC(=O)[C@H]2CCn3cncc3C2)n1. The second-order valence-corrected chi connectivity index (χ2v) is 5.87. The highest BCUT2D eigenvalue weighted by molar-refractivity contribution is 7.98. The summed E-state index contributed by atoms with van der Waals surface area (Å²) >= 11 is 2.69. The minimum Gasteiger partial charge on any atom is -0.335 e. The van der Waals surface area contributed by atoms with E-state index < -0.39 is 0 Å². The summed E-state index contributed by atoms with van der Waals surface area (Å²) in [5.74, 6) is 0.0158. The van der Waals surface area contributed by atoms with Gasteiger partial charge in [-0.15, -0.1) is 0 Å². The lowest BCUT2D eigenvalue weighted by atomic mass is 9.95. The molecule has 8 heteroatoms. The quantitative estimate of drug-likeness (QED) is 0.872. The Morgan fingerprint density at radius 3 is 3.32 bits per heavy atom. The maximum Gasteiger partial charge on any atom is 0.229 e. The van der Waals surface area contributed by atoms with Gasteiger partial charge in [0.05, 0.1) is 6.33 Å². The Bertz CT molecular complexity index is 593. The molecule has 0 aromatic carbocycles. The first-order chi connectivity index (χ1) is 9.26. The molecule has 19 heavy (non-hydrogen) atoms. The van der Waals surface area contributed by atoms with Crippen LogP contribution in [0.1, 0.15) is 12.1 Å². The fourth-order valence-corrected chi connectivity index (χ4v) is 3.27. The predicted molar refractivity (Wildman–Crippen MR) is 74.4 cm³/mol. The van der Waals surface area contributed by atoms with Crippen LogP contribution >= 0.6 is 23.3 Å². The van der Waals surface area contributed by atoms with E-state index in [9.17, 15) is 4.79 Å². The second kappa shape index (κ2) is 5.30. The number of rotatable bonds is 3. The number of nitrogens with zero attached hydrogens (tertiary/aromatic N) is 4. The lowest BCUT2D eigenvalue weighted by Crippen LogP contribution is -2.29. The van der Waals surface area contributed by atoms with Gasteiger partial charge < -0.3 is 9.88 Å². The molecule has 0 aliphatic carbocycles. The Morgan fingerprint density at radius 2 is 2.53 bits per heavy atom. The summed E-state index contributed by atoms with van der Waals surface area (Å²) in [6, 6.07) is 0. The van der Waals surface area contributed by atoms with Crippen LogP contribution in [-0.2, 0) is 17.8 Å². The van der Waals surface area contributed by atoms with Crippen LogP contribution in [-0.4, -0.2) is 31.1 Å². The van der Waals surface area contributed by atoms with Crippen LogP contribution in [0, 0.1) is 5.92 Å². The first kappa shape index (κ1) is 12.6. The van der Waals surface area contributed by atoms with E-state index in [0.717, 1.165) is 25.1 Å². The van der Waals surface area contributed by atoms with E-state index in [-0.39, 0.29) is 11.8 Å². The van der Waals surface area contributed by atoms with Gasteiger partial charge in [-0.3, -0.25) is 4.79 Å². The summed E-state index contributed by atoms with van der Waals surface area (Å²) in [5.41, 5.74) is 1.12. The van der Waals surface area contributed by atoms with Crippen LogP contribution in [0.3, 0.4) is 0 Å². The van der Waals surface area contributed by atoms with Crippen LogP contribution in [0.15, 0.2) is 17.7 Å². The van der Waals surface area contributed by atoms with E-state index in [1.165, 1.54) is 23.3 Å². The monoisotopic (exact) mass is 295 g/mol. The number of hydrogen-bond acceptors (Lipinski definition) is 6. The molecular formula is C11H13N5OS2. The summed E-state index contributed by atoms with van der Waals surface area (Å²) < 4.78 is 6.22. The third-order valence-corrected chi connectivity index (χ3v) is 4.46. The molecule has 2 aromatic heterocycles. The van der Waals surface area contributed by atoms with Gasteiger partial charge in [0.1, 0.15) is 0 Å². The molecule has 2 aromatic rings. The Kier molecular flexibility index (Phi) is 3.52. The standard InChI is InChI=1S/C11H13N5OS2/c1-18-11-14-10(19-15-11)13-9(17)7-2-3-16-6-12-5-8(16)4-7/h5-7H,2-4H2,1H3,(H,13,14,15,17)/t7-/m0/s1. The van der Waals surface area contributed by atoms with E-state index in [0.29, 0.717) is 10.3 Å². The fraction of sp³-hybridized carbons (Fsp3) is 0.455. The summed E-state index contributed by atoms with van der Waals surface area (Å²) in [6.45, 7) is 0.847. The van der Waals surface area contributed by atoms with Crippen molar-refractivity contribution in [1.82, 2.24) is 18.9 Å². The number of carbonyl (C=O) groups excluding carboxylic acids is 1. The summed E-state index contributed by atoms with van der Waals surface area (Å²) in [5, 5.41) is 4.13. The zero-order valence-corrected chi connectivity index (χ0v) is 12.0. The van der Waals surface area contributed by atoms with Crippen LogP contribution < -0.4 is 5.32 Å². The van der Waals surface area contributed by atoms with Gasteiger partial charge in [-0.2, -0.15) is 9.36 Å². The highest BCUT2D eigenvalue weighted by atomic mass is 32.2. The fourth-order valence-electron chi connectivity index (χ4n) is 2.14. The van der Waals surface area contributed by atoms with Crippen molar-refractivity contribution in [3.05, 3.63) is 18.2 Å². The van der Waals surface area contributed by atoms with Crippen molar-refractivity contribution in [2.45, 2.75) is 24.5 Å². The topological polar surface area (TPSA) is 72.7 Å². The Hall–Kier alpha value is -1.41. The molecule has 0 unspecified atom stereocenters. The molecule has 1 N–H and O–H groups in total. The molecule has 0 fully saturated rings. The van der Waals surface area contributed by atoms with E-state index in [4.69, 9.17) is 0 Å². The highest BCUT2D eigenvalue weighted by Crippen LogP contribution is 2.23. The molecule has 1 amide bonds. The first-order valence-electron chi connectivity index (χ1n) is 5.94. The van der Waals surface area contributed by atoms with Crippen LogP contribution in [0.25, 0.3) is 0 Å².